The van der Waals surface area contributed by atoms with E-state index in [1.807, 2.05) is 0 Å². The Morgan fingerprint density at radius 3 is 1.00 bits per heavy atom. The number of benzene rings is 12. The SMILES string of the molecule is c1ccc(-n2c3ccccc3c3cc(-c4ccc(-c5ccc(-c6ccc(-c7ccc8c(c7)c7ccccc7n8-c7ccccc7)cc6)c6sc(-c7ccc8c(c7)c7ccccc7n8-c7ccccc7)nc56)cc4)ccc32)cc1. The van der Waals surface area contributed by atoms with Crippen LogP contribution in [0.15, 0.2) is 279 Å². The van der Waals surface area contributed by atoms with Gasteiger partial charge in [0.05, 0.1) is 43.3 Å². The quantitative estimate of drug-likeness (QED) is 0.149. The summed E-state index contributed by atoms with van der Waals surface area (Å²) >= 11 is 1.78. The summed E-state index contributed by atoms with van der Waals surface area (Å²) < 4.78 is 8.29. The van der Waals surface area contributed by atoms with E-state index in [1.165, 1.54) is 97.9 Å². The average molecular weight is 1010 g/mol. The third-order valence-corrected chi connectivity index (χ3v) is 17.0. The fourth-order valence-corrected chi connectivity index (χ4v) is 13.4. The number of para-hydroxylation sites is 6. The molecule has 0 aliphatic rings. The van der Waals surface area contributed by atoms with E-state index in [0.717, 1.165) is 49.8 Å². The van der Waals surface area contributed by atoms with Crippen molar-refractivity contribution in [1.29, 1.82) is 0 Å². The van der Waals surface area contributed by atoms with Crippen LogP contribution in [0.3, 0.4) is 0 Å². The highest BCUT2D eigenvalue weighted by atomic mass is 32.1. The van der Waals surface area contributed by atoms with Crippen molar-refractivity contribution in [3.63, 3.8) is 0 Å². The molecule has 0 aliphatic heterocycles. The van der Waals surface area contributed by atoms with Crippen LogP contribution in [0.5, 0.6) is 0 Å². The van der Waals surface area contributed by atoms with Gasteiger partial charge in [-0.25, -0.2) is 4.98 Å². The zero-order valence-corrected chi connectivity index (χ0v) is 43.1. The number of fused-ring (bicyclic) bond motifs is 10. The van der Waals surface area contributed by atoms with Gasteiger partial charge in [0, 0.05) is 66.1 Å². The second-order valence-corrected chi connectivity index (χ2v) is 21.3. The molecule has 12 aromatic carbocycles. The van der Waals surface area contributed by atoms with E-state index in [1.54, 1.807) is 11.3 Å². The minimum Gasteiger partial charge on any atom is -0.309 e. The van der Waals surface area contributed by atoms with Crippen LogP contribution < -0.4 is 0 Å². The third kappa shape index (κ3) is 7.02. The molecule has 4 aromatic heterocycles. The van der Waals surface area contributed by atoms with Gasteiger partial charge in [0.15, 0.2) is 0 Å². The molecule has 0 spiro atoms. The molecular formula is C73H46N4S. The maximum absolute atomic E-state index is 5.62. The fraction of sp³-hybridized carbons (Fsp3) is 0. The Morgan fingerprint density at radius 1 is 0.244 bits per heavy atom. The van der Waals surface area contributed by atoms with Gasteiger partial charge >= 0.3 is 0 Å². The highest BCUT2D eigenvalue weighted by Gasteiger charge is 2.20. The molecule has 16 rings (SSSR count). The molecule has 0 amide bonds. The van der Waals surface area contributed by atoms with Crippen molar-refractivity contribution in [2.75, 3.05) is 0 Å². The minimum atomic E-state index is 0.997. The molecule has 78 heavy (non-hydrogen) atoms. The van der Waals surface area contributed by atoms with Crippen molar-refractivity contribution < 1.29 is 0 Å². The summed E-state index contributed by atoms with van der Waals surface area (Å²) in [5.41, 5.74) is 22.1. The lowest BCUT2D eigenvalue weighted by Crippen LogP contribution is -1.92. The van der Waals surface area contributed by atoms with E-state index in [0.29, 0.717) is 0 Å². The number of thiazole rings is 1. The summed E-state index contributed by atoms with van der Waals surface area (Å²) in [6, 6.07) is 102. The molecule has 0 aliphatic carbocycles. The van der Waals surface area contributed by atoms with E-state index in [9.17, 15) is 0 Å². The van der Waals surface area contributed by atoms with E-state index in [2.05, 4.69) is 293 Å². The summed E-state index contributed by atoms with van der Waals surface area (Å²) in [5.74, 6) is 0. The van der Waals surface area contributed by atoms with Crippen LogP contribution in [0, 0.1) is 0 Å². The molecular weight excluding hydrogens is 965 g/mol. The molecule has 0 radical (unpaired) electrons. The van der Waals surface area contributed by atoms with E-state index in [-0.39, 0.29) is 0 Å². The topological polar surface area (TPSA) is 27.7 Å². The van der Waals surface area contributed by atoms with Gasteiger partial charge in [0.25, 0.3) is 0 Å². The largest absolute Gasteiger partial charge is 0.309 e. The molecule has 0 saturated carbocycles. The van der Waals surface area contributed by atoms with E-state index in [4.69, 9.17) is 4.98 Å². The number of aromatic nitrogens is 4. The Hall–Kier alpha value is -10.1. The standard InChI is InChI=1S/C73H46N4S/c1-4-16-54(17-5-1)75-65-25-13-10-22-59(65)62-44-51(36-41-68(62)75)47-28-32-49(33-29-47)57-39-40-58(50-34-30-48(31-35-50)52-37-42-69-63(45-52)60-23-11-14-26-66(60)76(69)55-18-6-2-7-19-55)72-71(57)74-73(78-72)53-38-43-70-64(46-53)61-24-12-15-27-67(61)77(70)56-20-8-3-9-21-56/h1-46H. The first-order chi connectivity index (χ1) is 38.7. The summed E-state index contributed by atoms with van der Waals surface area (Å²) in [5, 5.41) is 8.42. The van der Waals surface area contributed by atoms with Crippen molar-refractivity contribution in [3.8, 4) is 72.1 Å². The van der Waals surface area contributed by atoms with Crippen LogP contribution in [-0.2, 0) is 0 Å². The summed E-state index contributed by atoms with van der Waals surface area (Å²) in [7, 11) is 0. The normalized spacial score (nSPS) is 11.8. The predicted molar refractivity (Wildman–Crippen MR) is 330 cm³/mol. The lowest BCUT2D eigenvalue weighted by Gasteiger charge is -2.11. The first kappa shape index (κ1) is 44.2. The summed E-state index contributed by atoms with van der Waals surface area (Å²) in [6.07, 6.45) is 0. The lowest BCUT2D eigenvalue weighted by atomic mass is 9.95. The van der Waals surface area contributed by atoms with Crippen molar-refractivity contribution in [2.45, 2.75) is 0 Å². The van der Waals surface area contributed by atoms with Gasteiger partial charge in [-0.2, -0.15) is 0 Å². The van der Waals surface area contributed by atoms with Crippen LogP contribution in [0.2, 0.25) is 0 Å². The lowest BCUT2D eigenvalue weighted by molar-refractivity contribution is 1.18. The molecule has 16 aromatic rings. The van der Waals surface area contributed by atoms with Crippen LogP contribution in [0.1, 0.15) is 0 Å². The van der Waals surface area contributed by atoms with Crippen molar-refractivity contribution >= 4 is 87.0 Å². The molecule has 4 heterocycles. The first-order valence-electron chi connectivity index (χ1n) is 26.6. The number of rotatable bonds is 8. The maximum atomic E-state index is 5.62. The summed E-state index contributed by atoms with van der Waals surface area (Å²) in [6.45, 7) is 0. The Labute approximate surface area is 454 Å². The summed E-state index contributed by atoms with van der Waals surface area (Å²) in [4.78, 5) is 5.62. The maximum Gasteiger partial charge on any atom is 0.124 e. The van der Waals surface area contributed by atoms with Gasteiger partial charge < -0.3 is 13.7 Å². The second kappa shape index (κ2) is 17.8. The highest BCUT2D eigenvalue weighted by molar-refractivity contribution is 7.22. The fourth-order valence-electron chi connectivity index (χ4n) is 12.3. The molecule has 0 unspecified atom stereocenters. The number of hydrogen-bond donors (Lipinski definition) is 0. The molecule has 0 atom stereocenters. The molecule has 0 N–H and O–H groups in total. The molecule has 4 nitrogen and oxygen atoms in total. The molecule has 0 bridgehead atoms. The smallest absolute Gasteiger partial charge is 0.124 e. The van der Waals surface area contributed by atoms with Crippen molar-refractivity contribution in [1.82, 2.24) is 18.7 Å². The first-order valence-corrected chi connectivity index (χ1v) is 27.4. The minimum absolute atomic E-state index is 0.997. The third-order valence-electron chi connectivity index (χ3n) is 15.9. The van der Waals surface area contributed by atoms with Crippen LogP contribution in [-0.4, -0.2) is 18.7 Å². The Morgan fingerprint density at radius 2 is 0.564 bits per heavy atom. The zero-order chi connectivity index (χ0) is 51.3. The Balaban J connectivity index is 0.808. The Bertz CT molecular complexity index is 4750. The molecule has 0 fully saturated rings. The molecule has 0 saturated heterocycles. The van der Waals surface area contributed by atoms with Gasteiger partial charge in [-0.15, -0.1) is 11.3 Å². The van der Waals surface area contributed by atoms with Crippen LogP contribution >= 0.6 is 11.3 Å². The second-order valence-electron chi connectivity index (χ2n) is 20.3. The van der Waals surface area contributed by atoms with Gasteiger partial charge in [-0.3, -0.25) is 0 Å². The van der Waals surface area contributed by atoms with Gasteiger partial charge in [0.1, 0.15) is 5.01 Å². The van der Waals surface area contributed by atoms with Crippen LogP contribution in [0.4, 0.5) is 0 Å². The molecule has 5 heteroatoms. The van der Waals surface area contributed by atoms with E-state index >= 15 is 0 Å². The monoisotopic (exact) mass is 1010 g/mol. The predicted octanol–water partition coefficient (Wildman–Crippen LogP) is 19.9. The number of nitrogens with zero attached hydrogens (tertiary/aromatic N) is 4. The van der Waals surface area contributed by atoms with E-state index < -0.39 is 0 Å². The van der Waals surface area contributed by atoms with Gasteiger partial charge in [0.2, 0.25) is 0 Å². The van der Waals surface area contributed by atoms with Gasteiger partial charge in [-0.05, 0) is 130 Å². The molecule has 364 valence electrons. The Kier molecular flexibility index (Phi) is 10.1. The van der Waals surface area contributed by atoms with Crippen molar-refractivity contribution in [3.05, 3.63) is 279 Å². The van der Waals surface area contributed by atoms with Crippen LogP contribution in [0.25, 0.3) is 148 Å². The number of hydrogen-bond acceptors (Lipinski definition) is 2. The highest BCUT2D eigenvalue weighted by Crippen LogP contribution is 2.45. The van der Waals surface area contributed by atoms with Gasteiger partial charge in [-0.1, -0.05) is 182 Å². The average Bonchev–Trinajstić information content (AvgIpc) is 4.37. The van der Waals surface area contributed by atoms with Crippen molar-refractivity contribution in [2.24, 2.45) is 0 Å². The zero-order valence-electron chi connectivity index (χ0n) is 42.3.